The van der Waals surface area contributed by atoms with E-state index in [-0.39, 0.29) is 11.5 Å². The highest BCUT2D eigenvalue weighted by Gasteiger charge is 2.09. The predicted molar refractivity (Wildman–Crippen MR) is 73.2 cm³/mol. The minimum absolute atomic E-state index is 0.127. The van der Waals surface area contributed by atoms with E-state index >= 15 is 0 Å². The number of aromatic hydroxyl groups is 2. The van der Waals surface area contributed by atoms with Gasteiger partial charge < -0.3 is 10.2 Å². The van der Waals surface area contributed by atoms with Crippen molar-refractivity contribution >= 4 is 6.08 Å². The SMILES string of the molecule is C#Cc1ccc(O)cc1-c1cc(O)ccc1C=C. The van der Waals surface area contributed by atoms with Crippen molar-refractivity contribution in [1.82, 2.24) is 0 Å². The maximum atomic E-state index is 9.58. The number of phenols is 2. The van der Waals surface area contributed by atoms with Gasteiger partial charge in [-0.1, -0.05) is 24.6 Å². The summed E-state index contributed by atoms with van der Waals surface area (Å²) in [6, 6.07) is 9.72. The molecule has 0 heterocycles. The Kier molecular flexibility index (Phi) is 3.07. The van der Waals surface area contributed by atoms with Gasteiger partial charge in [-0.25, -0.2) is 0 Å². The smallest absolute Gasteiger partial charge is 0.116 e. The Morgan fingerprint density at radius 2 is 1.61 bits per heavy atom. The van der Waals surface area contributed by atoms with Gasteiger partial charge in [0.2, 0.25) is 0 Å². The molecule has 0 saturated heterocycles. The van der Waals surface area contributed by atoms with Crippen molar-refractivity contribution in [3.8, 4) is 35.0 Å². The molecule has 2 aromatic carbocycles. The molecule has 0 aliphatic heterocycles. The summed E-state index contributed by atoms with van der Waals surface area (Å²) in [5.74, 6) is 2.83. The zero-order valence-electron chi connectivity index (χ0n) is 9.72. The van der Waals surface area contributed by atoms with Crippen LogP contribution in [0.4, 0.5) is 0 Å². The lowest BCUT2D eigenvalue weighted by molar-refractivity contribution is 0.474. The van der Waals surface area contributed by atoms with Crippen molar-refractivity contribution in [3.63, 3.8) is 0 Å². The van der Waals surface area contributed by atoms with Crippen LogP contribution in [0, 0.1) is 12.3 Å². The monoisotopic (exact) mass is 236 g/mol. The number of hydrogen-bond donors (Lipinski definition) is 2. The van der Waals surface area contributed by atoms with Crippen LogP contribution in [0.25, 0.3) is 17.2 Å². The molecule has 0 radical (unpaired) electrons. The molecule has 0 amide bonds. The first kappa shape index (κ1) is 11.8. The summed E-state index contributed by atoms with van der Waals surface area (Å²) >= 11 is 0. The normalized spacial score (nSPS) is 9.72. The lowest BCUT2D eigenvalue weighted by Crippen LogP contribution is -1.87. The third-order valence-electron chi connectivity index (χ3n) is 2.71. The quantitative estimate of drug-likeness (QED) is 0.785. The summed E-state index contributed by atoms with van der Waals surface area (Å²) in [7, 11) is 0. The number of hydrogen-bond acceptors (Lipinski definition) is 2. The van der Waals surface area contributed by atoms with Gasteiger partial charge in [-0.15, -0.1) is 6.42 Å². The van der Waals surface area contributed by atoms with E-state index in [4.69, 9.17) is 6.42 Å². The van der Waals surface area contributed by atoms with Crippen molar-refractivity contribution in [1.29, 1.82) is 0 Å². The van der Waals surface area contributed by atoms with Gasteiger partial charge in [0.25, 0.3) is 0 Å². The first-order valence-electron chi connectivity index (χ1n) is 5.41. The van der Waals surface area contributed by atoms with Crippen LogP contribution in [-0.4, -0.2) is 10.2 Å². The molecule has 2 aromatic rings. The van der Waals surface area contributed by atoms with Crippen LogP contribution in [0.5, 0.6) is 11.5 Å². The molecule has 2 rings (SSSR count). The molecule has 2 N–H and O–H groups in total. The molecule has 2 nitrogen and oxygen atoms in total. The average molecular weight is 236 g/mol. The van der Waals surface area contributed by atoms with Gasteiger partial charge in [0.05, 0.1) is 0 Å². The molecule has 0 aromatic heterocycles. The largest absolute Gasteiger partial charge is 0.508 e. The Morgan fingerprint density at radius 3 is 2.22 bits per heavy atom. The second-order valence-electron chi connectivity index (χ2n) is 3.85. The van der Waals surface area contributed by atoms with Gasteiger partial charge in [0, 0.05) is 11.1 Å². The summed E-state index contributed by atoms with van der Waals surface area (Å²) in [4.78, 5) is 0. The van der Waals surface area contributed by atoms with Gasteiger partial charge in [0.15, 0.2) is 0 Å². The summed E-state index contributed by atoms with van der Waals surface area (Å²) in [6.07, 6.45) is 7.13. The Balaban J connectivity index is 2.76. The number of benzene rings is 2. The van der Waals surface area contributed by atoms with E-state index in [1.54, 1.807) is 36.4 Å². The summed E-state index contributed by atoms with van der Waals surface area (Å²) in [5.41, 5.74) is 2.94. The van der Waals surface area contributed by atoms with Crippen LogP contribution in [-0.2, 0) is 0 Å². The average Bonchev–Trinajstić information content (AvgIpc) is 2.38. The van der Waals surface area contributed by atoms with Crippen molar-refractivity contribution in [2.45, 2.75) is 0 Å². The molecule has 88 valence electrons. The van der Waals surface area contributed by atoms with Crippen LogP contribution >= 0.6 is 0 Å². The van der Waals surface area contributed by atoms with Crippen molar-refractivity contribution in [2.75, 3.05) is 0 Å². The van der Waals surface area contributed by atoms with Gasteiger partial charge in [0.1, 0.15) is 11.5 Å². The van der Waals surface area contributed by atoms with E-state index < -0.39 is 0 Å². The molecule has 0 aliphatic carbocycles. The van der Waals surface area contributed by atoms with E-state index in [0.717, 1.165) is 11.1 Å². The van der Waals surface area contributed by atoms with E-state index in [0.29, 0.717) is 11.1 Å². The molecule has 0 saturated carbocycles. The molecule has 0 unspecified atom stereocenters. The first-order chi connectivity index (χ1) is 8.65. The van der Waals surface area contributed by atoms with Crippen LogP contribution in [0.2, 0.25) is 0 Å². The molecule has 18 heavy (non-hydrogen) atoms. The number of rotatable bonds is 2. The first-order valence-corrected chi connectivity index (χ1v) is 5.41. The van der Waals surface area contributed by atoms with E-state index in [1.807, 2.05) is 0 Å². The molecule has 0 bridgehead atoms. The Hall–Kier alpha value is -2.66. The maximum absolute atomic E-state index is 9.58. The minimum Gasteiger partial charge on any atom is -0.508 e. The fraction of sp³-hybridized carbons (Fsp3) is 0. The van der Waals surface area contributed by atoms with E-state index in [1.165, 1.54) is 6.07 Å². The number of phenolic OH excluding ortho intramolecular Hbond substituents is 2. The molecular formula is C16H12O2. The minimum atomic E-state index is 0.127. The highest BCUT2D eigenvalue weighted by Crippen LogP contribution is 2.32. The lowest BCUT2D eigenvalue weighted by Gasteiger charge is -2.10. The Labute approximate surface area is 106 Å². The van der Waals surface area contributed by atoms with Crippen molar-refractivity contribution < 1.29 is 10.2 Å². The van der Waals surface area contributed by atoms with Gasteiger partial charge in [-0.3, -0.25) is 0 Å². The van der Waals surface area contributed by atoms with Crippen LogP contribution < -0.4 is 0 Å². The third kappa shape index (κ3) is 2.07. The molecule has 0 fully saturated rings. The van der Waals surface area contributed by atoms with Gasteiger partial charge >= 0.3 is 0 Å². The number of terminal acetylenes is 1. The predicted octanol–water partition coefficient (Wildman–Crippen LogP) is 3.39. The Morgan fingerprint density at radius 1 is 1.00 bits per heavy atom. The second-order valence-corrected chi connectivity index (χ2v) is 3.85. The Bertz CT molecular complexity index is 649. The molecule has 2 heteroatoms. The third-order valence-corrected chi connectivity index (χ3v) is 2.71. The second kappa shape index (κ2) is 4.68. The zero-order valence-corrected chi connectivity index (χ0v) is 9.72. The van der Waals surface area contributed by atoms with Crippen LogP contribution in [0.3, 0.4) is 0 Å². The molecule has 0 spiro atoms. The lowest BCUT2D eigenvalue weighted by atomic mass is 9.95. The van der Waals surface area contributed by atoms with Gasteiger partial charge in [-0.2, -0.15) is 0 Å². The highest BCUT2D eigenvalue weighted by atomic mass is 16.3. The summed E-state index contributed by atoms with van der Waals surface area (Å²) < 4.78 is 0. The highest BCUT2D eigenvalue weighted by molar-refractivity contribution is 5.80. The van der Waals surface area contributed by atoms with E-state index in [2.05, 4.69) is 12.5 Å². The maximum Gasteiger partial charge on any atom is 0.116 e. The summed E-state index contributed by atoms with van der Waals surface area (Å²) in [5, 5.41) is 19.1. The van der Waals surface area contributed by atoms with Crippen molar-refractivity contribution in [2.24, 2.45) is 0 Å². The zero-order chi connectivity index (χ0) is 13.1. The molecular weight excluding hydrogens is 224 g/mol. The molecule has 0 aliphatic rings. The van der Waals surface area contributed by atoms with Crippen LogP contribution in [0.1, 0.15) is 11.1 Å². The van der Waals surface area contributed by atoms with Crippen molar-refractivity contribution in [3.05, 3.63) is 54.1 Å². The standard InChI is InChI=1S/C16H12O2/c1-3-11-5-7-13(17)9-15(11)16-10-14(18)8-6-12(16)4-2/h1,4-10,17-18H,2H2. The summed E-state index contributed by atoms with van der Waals surface area (Å²) in [6.45, 7) is 3.73. The van der Waals surface area contributed by atoms with E-state index in [9.17, 15) is 10.2 Å². The topological polar surface area (TPSA) is 40.5 Å². The van der Waals surface area contributed by atoms with Crippen LogP contribution in [0.15, 0.2) is 43.0 Å². The fourth-order valence-corrected chi connectivity index (χ4v) is 1.84. The fourth-order valence-electron chi connectivity index (χ4n) is 1.84. The van der Waals surface area contributed by atoms with Gasteiger partial charge in [-0.05, 0) is 41.5 Å². The molecule has 0 atom stereocenters.